The summed E-state index contributed by atoms with van der Waals surface area (Å²) in [4.78, 5) is 8.84. The predicted molar refractivity (Wildman–Crippen MR) is 70.6 cm³/mol. The molecular weight excluding hydrogens is 242 g/mol. The van der Waals surface area contributed by atoms with E-state index in [0.717, 1.165) is 44.1 Å². The van der Waals surface area contributed by atoms with Gasteiger partial charge in [0.05, 0.1) is 5.41 Å². The minimum absolute atomic E-state index is 0.00512. The summed E-state index contributed by atoms with van der Waals surface area (Å²) in [6, 6.07) is 0. The molecule has 0 spiro atoms. The van der Waals surface area contributed by atoms with E-state index in [1.54, 1.807) is 6.20 Å². The van der Waals surface area contributed by atoms with E-state index >= 15 is 0 Å². The number of aryl methyl sites for hydroxylation is 1. The maximum absolute atomic E-state index is 5.53. The van der Waals surface area contributed by atoms with Crippen LogP contribution in [0.5, 0.6) is 0 Å². The Kier molecular flexibility index (Phi) is 3.10. The first-order valence-electron chi connectivity index (χ1n) is 6.78. The topological polar surface area (TPSA) is 68.8 Å². The second-order valence-corrected chi connectivity index (χ2v) is 5.24. The summed E-state index contributed by atoms with van der Waals surface area (Å²) in [5.74, 6) is 2.06. The van der Waals surface area contributed by atoms with Gasteiger partial charge in [-0.15, -0.1) is 0 Å². The second-order valence-electron chi connectivity index (χ2n) is 5.24. The van der Waals surface area contributed by atoms with Gasteiger partial charge in [0.25, 0.3) is 0 Å². The molecule has 1 aliphatic heterocycles. The van der Waals surface area contributed by atoms with Crippen LogP contribution in [0.15, 0.2) is 16.9 Å². The van der Waals surface area contributed by atoms with Crippen LogP contribution in [0, 0.1) is 0 Å². The molecule has 3 heterocycles. The Morgan fingerprint density at radius 3 is 3.05 bits per heavy atom. The van der Waals surface area contributed by atoms with E-state index in [0.29, 0.717) is 5.82 Å². The molecule has 3 rings (SSSR count). The van der Waals surface area contributed by atoms with Crippen molar-refractivity contribution in [1.82, 2.24) is 25.0 Å². The largest absolute Gasteiger partial charge is 0.338 e. The second kappa shape index (κ2) is 4.77. The van der Waals surface area contributed by atoms with Crippen LogP contribution >= 0.6 is 0 Å². The average molecular weight is 261 g/mol. The van der Waals surface area contributed by atoms with Gasteiger partial charge >= 0.3 is 0 Å². The molecule has 102 valence electrons. The van der Waals surface area contributed by atoms with E-state index in [2.05, 4.69) is 27.4 Å². The lowest BCUT2D eigenvalue weighted by molar-refractivity contribution is 0.277. The minimum Gasteiger partial charge on any atom is -0.338 e. The smallest absolute Gasteiger partial charge is 0.238 e. The van der Waals surface area contributed by atoms with Crippen molar-refractivity contribution < 1.29 is 4.52 Å². The zero-order valence-corrected chi connectivity index (χ0v) is 11.4. The van der Waals surface area contributed by atoms with E-state index in [4.69, 9.17) is 4.52 Å². The molecular formula is C13H19N5O. The third-order valence-electron chi connectivity index (χ3n) is 3.87. The third kappa shape index (κ3) is 2.06. The Morgan fingerprint density at radius 1 is 1.53 bits per heavy atom. The molecule has 19 heavy (non-hydrogen) atoms. The number of imidazole rings is 1. The maximum Gasteiger partial charge on any atom is 0.238 e. The zero-order chi connectivity index (χ0) is 13.3. The van der Waals surface area contributed by atoms with Crippen LogP contribution < -0.4 is 5.32 Å². The number of hydrogen-bond donors (Lipinski definition) is 1. The lowest BCUT2D eigenvalue weighted by atomic mass is 9.82. The summed E-state index contributed by atoms with van der Waals surface area (Å²) in [6.07, 6.45) is 6.86. The SMILES string of the molecule is CCCC1(c2nc(-c3nccn3C)no2)CCNC1. The highest BCUT2D eigenvalue weighted by atomic mass is 16.5. The quantitative estimate of drug-likeness (QED) is 0.903. The van der Waals surface area contributed by atoms with Crippen LogP contribution in [0.3, 0.4) is 0 Å². The van der Waals surface area contributed by atoms with Crippen LogP contribution in [-0.2, 0) is 12.5 Å². The van der Waals surface area contributed by atoms with Gasteiger partial charge < -0.3 is 14.4 Å². The van der Waals surface area contributed by atoms with Gasteiger partial charge in [-0.05, 0) is 19.4 Å². The first kappa shape index (κ1) is 12.3. The Morgan fingerprint density at radius 2 is 2.42 bits per heavy atom. The van der Waals surface area contributed by atoms with Crippen LogP contribution in [0.25, 0.3) is 11.6 Å². The van der Waals surface area contributed by atoms with Crippen LogP contribution in [-0.4, -0.2) is 32.8 Å². The van der Waals surface area contributed by atoms with Gasteiger partial charge in [-0.1, -0.05) is 18.5 Å². The fourth-order valence-corrected chi connectivity index (χ4v) is 2.84. The van der Waals surface area contributed by atoms with E-state index in [9.17, 15) is 0 Å². The Bertz CT molecular complexity index is 553. The van der Waals surface area contributed by atoms with Crippen molar-refractivity contribution in [2.24, 2.45) is 7.05 Å². The number of nitrogens with one attached hydrogen (secondary N) is 1. The molecule has 1 unspecified atom stereocenters. The first-order valence-corrected chi connectivity index (χ1v) is 6.78. The highest BCUT2D eigenvalue weighted by molar-refractivity contribution is 5.42. The molecule has 0 aromatic carbocycles. The Labute approximate surface area is 112 Å². The summed E-state index contributed by atoms with van der Waals surface area (Å²) >= 11 is 0. The molecule has 1 N–H and O–H groups in total. The molecule has 2 aromatic rings. The lowest BCUT2D eigenvalue weighted by Crippen LogP contribution is -2.29. The first-order chi connectivity index (χ1) is 9.25. The van der Waals surface area contributed by atoms with Crippen LogP contribution in [0.1, 0.15) is 32.1 Å². The van der Waals surface area contributed by atoms with Crippen molar-refractivity contribution in [2.45, 2.75) is 31.6 Å². The third-order valence-corrected chi connectivity index (χ3v) is 3.87. The molecule has 1 atom stereocenters. The molecule has 1 aliphatic rings. The van der Waals surface area contributed by atoms with E-state index in [-0.39, 0.29) is 5.41 Å². The van der Waals surface area contributed by atoms with Gasteiger partial charge in [0, 0.05) is 26.0 Å². The molecule has 1 saturated heterocycles. The molecule has 0 radical (unpaired) electrons. The highest BCUT2D eigenvalue weighted by Gasteiger charge is 2.40. The molecule has 0 aliphatic carbocycles. The number of aromatic nitrogens is 4. The van der Waals surface area contributed by atoms with Gasteiger partial charge in [0.15, 0.2) is 5.82 Å². The lowest BCUT2D eigenvalue weighted by Gasteiger charge is -2.22. The number of hydrogen-bond acceptors (Lipinski definition) is 5. The minimum atomic E-state index is 0.00512. The van der Waals surface area contributed by atoms with Gasteiger partial charge in [-0.25, -0.2) is 4.98 Å². The Hall–Kier alpha value is -1.69. The fourth-order valence-electron chi connectivity index (χ4n) is 2.84. The van der Waals surface area contributed by atoms with Gasteiger partial charge in [0.1, 0.15) is 0 Å². The molecule has 6 nitrogen and oxygen atoms in total. The molecule has 2 aromatic heterocycles. The zero-order valence-electron chi connectivity index (χ0n) is 11.4. The highest BCUT2D eigenvalue weighted by Crippen LogP contribution is 2.34. The van der Waals surface area contributed by atoms with Crippen LogP contribution in [0.2, 0.25) is 0 Å². The standard InChI is InChI=1S/C13H19N5O/c1-3-4-13(5-6-14-9-13)12-16-10(17-19-12)11-15-7-8-18(11)2/h7-8,14H,3-6,9H2,1-2H3. The summed E-state index contributed by atoms with van der Waals surface area (Å²) in [7, 11) is 1.93. The predicted octanol–water partition coefficient (Wildman–Crippen LogP) is 1.50. The maximum atomic E-state index is 5.53. The molecule has 6 heteroatoms. The number of nitrogens with zero attached hydrogens (tertiary/aromatic N) is 4. The molecule has 0 saturated carbocycles. The monoisotopic (exact) mass is 261 g/mol. The van der Waals surface area contributed by atoms with Crippen molar-refractivity contribution in [3.8, 4) is 11.6 Å². The van der Waals surface area contributed by atoms with E-state index in [1.807, 2.05) is 17.8 Å². The molecule has 0 bridgehead atoms. The summed E-state index contributed by atoms with van der Waals surface area (Å²) < 4.78 is 7.43. The average Bonchev–Trinajstić information content (AvgIpc) is 3.08. The number of rotatable bonds is 4. The van der Waals surface area contributed by atoms with Gasteiger partial charge in [-0.3, -0.25) is 0 Å². The van der Waals surface area contributed by atoms with Crippen LogP contribution in [0.4, 0.5) is 0 Å². The van der Waals surface area contributed by atoms with Gasteiger partial charge in [0.2, 0.25) is 11.7 Å². The molecule has 0 amide bonds. The summed E-state index contributed by atoms with van der Waals surface area (Å²) in [5, 5.41) is 7.50. The van der Waals surface area contributed by atoms with Crippen molar-refractivity contribution >= 4 is 0 Å². The Balaban J connectivity index is 1.94. The summed E-state index contributed by atoms with van der Waals surface area (Å²) in [6.45, 7) is 4.12. The van der Waals surface area contributed by atoms with Crippen molar-refractivity contribution in [3.05, 3.63) is 18.3 Å². The fraction of sp³-hybridized carbons (Fsp3) is 0.615. The van der Waals surface area contributed by atoms with Crippen molar-refractivity contribution in [2.75, 3.05) is 13.1 Å². The van der Waals surface area contributed by atoms with E-state index in [1.165, 1.54) is 0 Å². The van der Waals surface area contributed by atoms with Crippen molar-refractivity contribution in [3.63, 3.8) is 0 Å². The molecule has 1 fully saturated rings. The van der Waals surface area contributed by atoms with Gasteiger partial charge in [-0.2, -0.15) is 4.98 Å². The summed E-state index contributed by atoms with van der Waals surface area (Å²) in [5.41, 5.74) is 0.00512. The normalized spacial score (nSPS) is 23.1. The van der Waals surface area contributed by atoms with Crippen molar-refractivity contribution in [1.29, 1.82) is 0 Å². The van der Waals surface area contributed by atoms with E-state index < -0.39 is 0 Å².